The number of amides is 2. The van der Waals surface area contributed by atoms with Crippen LogP contribution in [0.3, 0.4) is 0 Å². The zero-order chi connectivity index (χ0) is 18.4. The number of methoxy groups -OCH3 is 1. The van der Waals surface area contributed by atoms with Gasteiger partial charge in [-0.25, -0.2) is 0 Å². The SMILES string of the molecule is COc1ccc(C(=O)Nc2ccccc2C(=O)NCC(C)(C)N)cc1.Cl. The second-order valence-corrected chi connectivity index (χ2v) is 6.40. The number of hydrogen-bond acceptors (Lipinski definition) is 4. The molecule has 2 aromatic rings. The number of rotatable bonds is 6. The standard InChI is InChI=1S/C19H23N3O3.ClH/c1-19(2,20)12-21-18(24)15-6-4-5-7-16(15)22-17(23)13-8-10-14(25-3)11-9-13;/h4-11H,12,20H2,1-3H3,(H,21,24)(H,22,23);1H. The molecule has 0 atom stereocenters. The van der Waals surface area contributed by atoms with Crippen LogP contribution in [0, 0.1) is 0 Å². The van der Waals surface area contributed by atoms with E-state index in [9.17, 15) is 9.59 Å². The van der Waals surface area contributed by atoms with Crippen LogP contribution in [0.1, 0.15) is 34.6 Å². The topological polar surface area (TPSA) is 93.4 Å². The quantitative estimate of drug-likeness (QED) is 0.721. The summed E-state index contributed by atoms with van der Waals surface area (Å²) in [5.41, 5.74) is 6.66. The van der Waals surface area contributed by atoms with Crippen molar-refractivity contribution >= 4 is 29.9 Å². The zero-order valence-corrected chi connectivity index (χ0v) is 15.9. The molecule has 0 heterocycles. The molecule has 0 aliphatic heterocycles. The Hall–Kier alpha value is -2.57. The third-order valence-corrected chi connectivity index (χ3v) is 3.48. The minimum absolute atomic E-state index is 0. The number of carbonyl (C=O) groups excluding carboxylic acids is 2. The fourth-order valence-electron chi connectivity index (χ4n) is 2.13. The minimum Gasteiger partial charge on any atom is -0.497 e. The zero-order valence-electron chi connectivity index (χ0n) is 15.0. The number of nitrogens with two attached hydrogens (primary N) is 1. The molecule has 2 rings (SSSR count). The van der Waals surface area contributed by atoms with Gasteiger partial charge in [0.2, 0.25) is 0 Å². The van der Waals surface area contributed by atoms with Crippen LogP contribution in [0.4, 0.5) is 5.69 Å². The van der Waals surface area contributed by atoms with Crippen molar-refractivity contribution in [1.29, 1.82) is 0 Å². The van der Waals surface area contributed by atoms with Crippen molar-refractivity contribution in [3.05, 3.63) is 59.7 Å². The summed E-state index contributed by atoms with van der Waals surface area (Å²) in [7, 11) is 1.56. The van der Waals surface area contributed by atoms with Crippen LogP contribution in [0.2, 0.25) is 0 Å². The highest BCUT2D eigenvalue weighted by Gasteiger charge is 2.17. The summed E-state index contributed by atoms with van der Waals surface area (Å²) in [6, 6.07) is 13.6. The molecule has 0 aromatic heterocycles. The van der Waals surface area contributed by atoms with Gasteiger partial charge in [0, 0.05) is 17.6 Å². The lowest BCUT2D eigenvalue weighted by Gasteiger charge is -2.19. The van der Waals surface area contributed by atoms with Gasteiger partial charge in [0.25, 0.3) is 11.8 Å². The van der Waals surface area contributed by atoms with E-state index in [-0.39, 0.29) is 24.2 Å². The monoisotopic (exact) mass is 377 g/mol. The lowest BCUT2D eigenvalue weighted by atomic mass is 10.1. The summed E-state index contributed by atoms with van der Waals surface area (Å²) >= 11 is 0. The Morgan fingerprint density at radius 1 is 1.04 bits per heavy atom. The van der Waals surface area contributed by atoms with Crippen molar-refractivity contribution < 1.29 is 14.3 Å². The average Bonchev–Trinajstić information content (AvgIpc) is 2.59. The maximum absolute atomic E-state index is 12.4. The molecule has 140 valence electrons. The third kappa shape index (κ3) is 6.06. The number of nitrogens with one attached hydrogen (secondary N) is 2. The van der Waals surface area contributed by atoms with Crippen LogP contribution in [0.5, 0.6) is 5.75 Å². The summed E-state index contributed by atoms with van der Waals surface area (Å²) in [6.45, 7) is 3.97. The average molecular weight is 378 g/mol. The molecule has 0 spiro atoms. The summed E-state index contributed by atoms with van der Waals surface area (Å²) in [6.07, 6.45) is 0. The predicted octanol–water partition coefficient (Wildman–Crippen LogP) is 2.84. The van der Waals surface area contributed by atoms with Crippen molar-refractivity contribution in [3.8, 4) is 5.75 Å². The Morgan fingerprint density at radius 3 is 2.23 bits per heavy atom. The number of ether oxygens (including phenoxy) is 1. The molecule has 4 N–H and O–H groups in total. The number of para-hydroxylation sites is 1. The van der Waals surface area contributed by atoms with Gasteiger partial charge < -0.3 is 21.1 Å². The van der Waals surface area contributed by atoms with Crippen molar-refractivity contribution in [2.45, 2.75) is 19.4 Å². The lowest BCUT2D eigenvalue weighted by molar-refractivity contribution is 0.0947. The number of benzene rings is 2. The highest BCUT2D eigenvalue weighted by atomic mass is 35.5. The Balaban J connectivity index is 0.00000338. The second kappa shape index (κ2) is 9.22. The van der Waals surface area contributed by atoms with Gasteiger partial charge in [-0.2, -0.15) is 0 Å². The Kier molecular flexibility index (Phi) is 7.61. The van der Waals surface area contributed by atoms with Gasteiger partial charge >= 0.3 is 0 Å². The predicted molar refractivity (Wildman–Crippen MR) is 105 cm³/mol. The second-order valence-electron chi connectivity index (χ2n) is 6.40. The van der Waals surface area contributed by atoms with E-state index in [1.807, 2.05) is 13.8 Å². The van der Waals surface area contributed by atoms with E-state index in [1.165, 1.54) is 0 Å². The van der Waals surface area contributed by atoms with E-state index < -0.39 is 5.54 Å². The molecule has 0 aliphatic carbocycles. The van der Waals surface area contributed by atoms with Crippen molar-refractivity contribution in [2.75, 3.05) is 19.0 Å². The first-order valence-corrected chi connectivity index (χ1v) is 7.92. The molecule has 26 heavy (non-hydrogen) atoms. The summed E-state index contributed by atoms with van der Waals surface area (Å²) in [5.74, 6) is 0.0759. The molecule has 0 aliphatic rings. The van der Waals surface area contributed by atoms with Crippen LogP contribution in [-0.2, 0) is 0 Å². The molecular formula is C19H24ClN3O3. The van der Waals surface area contributed by atoms with E-state index in [4.69, 9.17) is 10.5 Å². The van der Waals surface area contributed by atoms with Gasteiger partial charge in [0.05, 0.1) is 18.4 Å². The molecule has 0 saturated carbocycles. The van der Waals surface area contributed by atoms with Crippen molar-refractivity contribution in [1.82, 2.24) is 5.32 Å². The molecule has 2 aromatic carbocycles. The summed E-state index contributed by atoms with van der Waals surface area (Å²) in [4.78, 5) is 24.8. The molecule has 2 amide bonds. The Labute approximate surface area is 159 Å². The minimum atomic E-state index is -0.517. The van der Waals surface area contributed by atoms with Gasteiger partial charge in [-0.05, 0) is 50.2 Å². The van der Waals surface area contributed by atoms with Crippen LogP contribution in [0.15, 0.2) is 48.5 Å². The lowest BCUT2D eigenvalue weighted by Crippen LogP contribution is -2.45. The normalized spacial score (nSPS) is 10.5. The molecule has 0 radical (unpaired) electrons. The van der Waals surface area contributed by atoms with Gasteiger partial charge in [-0.3, -0.25) is 9.59 Å². The first kappa shape index (κ1) is 21.5. The van der Waals surface area contributed by atoms with Crippen molar-refractivity contribution in [2.24, 2.45) is 5.73 Å². The van der Waals surface area contributed by atoms with E-state index in [2.05, 4.69) is 10.6 Å². The molecule has 0 saturated heterocycles. The summed E-state index contributed by atoms with van der Waals surface area (Å²) < 4.78 is 5.08. The molecule has 6 nitrogen and oxygen atoms in total. The highest BCUT2D eigenvalue weighted by Crippen LogP contribution is 2.18. The van der Waals surface area contributed by atoms with Crippen LogP contribution < -0.4 is 21.1 Å². The highest BCUT2D eigenvalue weighted by molar-refractivity contribution is 6.09. The molecular weight excluding hydrogens is 354 g/mol. The van der Waals surface area contributed by atoms with Crippen LogP contribution in [-0.4, -0.2) is 31.0 Å². The number of carbonyl (C=O) groups is 2. The molecule has 0 bridgehead atoms. The smallest absolute Gasteiger partial charge is 0.255 e. The van der Waals surface area contributed by atoms with E-state index in [0.29, 0.717) is 29.1 Å². The maximum atomic E-state index is 12.4. The maximum Gasteiger partial charge on any atom is 0.255 e. The third-order valence-electron chi connectivity index (χ3n) is 3.48. The van der Waals surface area contributed by atoms with E-state index in [0.717, 1.165) is 0 Å². The molecule has 0 fully saturated rings. The molecule has 0 unspecified atom stereocenters. The fourth-order valence-corrected chi connectivity index (χ4v) is 2.13. The van der Waals surface area contributed by atoms with Gasteiger partial charge in [0.1, 0.15) is 5.75 Å². The van der Waals surface area contributed by atoms with Crippen LogP contribution in [0.25, 0.3) is 0 Å². The largest absolute Gasteiger partial charge is 0.497 e. The summed E-state index contributed by atoms with van der Waals surface area (Å²) in [5, 5.41) is 5.55. The van der Waals surface area contributed by atoms with E-state index in [1.54, 1.807) is 55.6 Å². The van der Waals surface area contributed by atoms with Gasteiger partial charge in [-0.15, -0.1) is 12.4 Å². The number of anilines is 1. The number of hydrogen-bond donors (Lipinski definition) is 3. The van der Waals surface area contributed by atoms with E-state index >= 15 is 0 Å². The first-order chi connectivity index (χ1) is 11.8. The Bertz CT molecular complexity index is 755. The molecule has 7 heteroatoms. The van der Waals surface area contributed by atoms with Gasteiger partial charge in [0.15, 0.2) is 0 Å². The first-order valence-electron chi connectivity index (χ1n) is 7.92. The van der Waals surface area contributed by atoms with Crippen molar-refractivity contribution in [3.63, 3.8) is 0 Å². The fraction of sp³-hybridized carbons (Fsp3) is 0.263. The van der Waals surface area contributed by atoms with Crippen LogP contribution >= 0.6 is 12.4 Å². The number of halogens is 1. The Morgan fingerprint density at radius 2 is 1.65 bits per heavy atom. The van der Waals surface area contributed by atoms with Gasteiger partial charge in [-0.1, -0.05) is 12.1 Å².